The summed E-state index contributed by atoms with van der Waals surface area (Å²) >= 11 is 0. The molecule has 0 saturated carbocycles. The van der Waals surface area contributed by atoms with E-state index in [1.165, 1.54) is 6.92 Å². The monoisotopic (exact) mass is 303 g/mol. The summed E-state index contributed by atoms with van der Waals surface area (Å²) in [5.74, 6) is -0.382. The van der Waals surface area contributed by atoms with Crippen molar-refractivity contribution in [2.45, 2.75) is 6.92 Å². The number of ether oxygens (including phenoxy) is 1. The molecule has 0 unspecified atom stereocenters. The van der Waals surface area contributed by atoms with E-state index in [0.29, 0.717) is 6.54 Å². The molecule has 112 valence electrons. The lowest BCUT2D eigenvalue weighted by atomic mass is 10.3. The van der Waals surface area contributed by atoms with Gasteiger partial charge in [0.15, 0.2) is 0 Å². The Morgan fingerprint density at radius 3 is 2.35 bits per heavy atom. The summed E-state index contributed by atoms with van der Waals surface area (Å²) in [6.45, 7) is 1.90. The van der Waals surface area contributed by atoms with Crippen LogP contribution in [0, 0.1) is 0 Å². The third-order valence-electron chi connectivity index (χ3n) is 2.38. The number of nitrogens with zero attached hydrogens (tertiary/aromatic N) is 1. The van der Waals surface area contributed by atoms with Crippen LogP contribution in [-0.4, -0.2) is 45.2 Å². The first-order valence-electron chi connectivity index (χ1n) is 5.93. The van der Waals surface area contributed by atoms with E-state index in [0.717, 1.165) is 5.69 Å². The van der Waals surface area contributed by atoms with E-state index in [4.69, 9.17) is 9.29 Å². The predicted octanol–water partition coefficient (Wildman–Crippen LogP) is 0.876. The first kappa shape index (κ1) is 16.4. The number of hydrogen-bond donors (Lipinski definition) is 1. The van der Waals surface area contributed by atoms with Gasteiger partial charge >= 0.3 is 16.4 Å². The zero-order valence-corrected chi connectivity index (χ0v) is 11.9. The summed E-state index contributed by atoms with van der Waals surface area (Å²) in [6.07, 6.45) is 0. The normalized spacial score (nSPS) is 11.1. The molecule has 0 atom stereocenters. The molecule has 20 heavy (non-hydrogen) atoms. The van der Waals surface area contributed by atoms with Gasteiger partial charge in [0.25, 0.3) is 0 Å². The van der Waals surface area contributed by atoms with Crippen molar-refractivity contribution in [1.82, 2.24) is 0 Å². The molecule has 0 bridgehead atoms. The first-order valence-corrected chi connectivity index (χ1v) is 7.30. The standard InChI is InChI=1S/C12H17NO6S/c1-11(14)18-9-7-13(8-10-19-20(15,16)17)12-5-3-2-4-6-12/h2-6H,7-10H2,1H3,(H,15,16,17). The van der Waals surface area contributed by atoms with E-state index >= 15 is 0 Å². The molecule has 0 aromatic heterocycles. The van der Waals surface area contributed by atoms with Crippen molar-refractivity contribution in [3.8, 4) is 0 Å². The second-order valence-electron chi connectivity index (χ2n) is 3.91. The minimum absolute atomic E-state index is 0.177. The fourth-order valence-corrected chi connectivity index (χ4v) is 1.85. The highest BCUT2D eigenvalue weighted by atomic mass is 32.3. The highest BCUT2D eigenvalue weighted by Gasteiger charge is 2.10. The lowest BCUT2D eigenvalue weighted by Gasteiger charge is -2.24. The summed E-state index contributed by atoms with van der Waals surface area (Å²) in [4.78, 5) is 12.5. The maximum atomic E-state index is 10.7. The molecule has 0 radical (unpaired) electrons. The molecule has 0 aliphatic carbocycles. The van der Waals surface area contributed by atoms with E-state index in [1.54, 1.807) is 4.90 Å². The van der Waals surface area contributed by atoms with Gasteiger partial charge in [-0.1, -0.05) is 18.2 Å². The lowest BCUT2D eigenvalue weighted by Crippen LogP contribution is -2.31. The van der Waals surface area contributed by atoms with Crippen LogP contribution in [0.5, 0.6) is 0 Å². The van der Waals surface area contributed by atoms with E-state index in [9.17, 15) is 13.2 Å². The summed E-state index contributed by atoms with van der Waals surface area (Å²) in [5, 5.41) is 0. The molecular formula is C12H17NO6S. The lowest BCUT2D eigenvalue weighted by molar-refractivity contribution is -0.140. The molecule has 1 aromatic rings. The fourth-order valence-electron chi connectivity index (χ4n) is 1.56. The van der Waals surface area contributed by atoms with Crippen LogP contribution in [0.15, 0.2) is 30.3 Å². The van der Waals surface area contributed by atoms with Crippen LogP contribution in [0.1, 0.15) is 6.92 Å². The van der Waals surface area contributed by atoms with E-state index in [-0.39, 0.29) is 25.7 Å². The van der Waals surface area contributed by atoms with Crippen LogP contribution in [0.25, 0.3) is 0 Å². The second kappa shape index (κ2) is 7.83. The van der Waals surface area contributed by atoms with Crippen LogP contribution in [0.4, 0.5) is 5.69 Å². The molecule has 8 heteroatoms. The Hall–Kier alpha value is -1.64. The largest absolute Gasteiger partial charge is 0.464 e. The number of rotatable bonds is 8. The number of carbonyl (C=O) groups is 1. The second-order valence-corrected chi connectivity index (χ2v) is 5.00. The van der Waals surface area contributed by atoms with Crippen molar-refractivity contribution in [3.05, 3.63) is 30.3 Å². The highest BCUT2D eigenvalue weighted by molar-refractivity contribution is 7.80. The van der Waals surface area contributed by atoms with Gasteiger partial charge < -0.3 is 9.64 Å². The van der Waals surface area contributed by atoms with Crippen LogP contribution < -0.4 is 4.90 Å². The van der Waals surface area contributed by atoms with Crippen molar-refractivity contribution in [3.63, 3.8) is 0 Å². The van der Waals surface area contributed by atoms with Crippen LogP contribution in [0.3, 0.4) is 0 Å². The van der Waals surface area contributed by atoms with E-state index < -0.39 is 10.4 Å². The molecule has 1 N–H and O–H groups in total. The summed E-state index contributed by atoms with van der Waals surface area (Å²) < 4.78 is 38.6. The van der Waals surface area contributed by atoms with E-state index in [1.807, 2.05) is 30.3 Å². The average Bonchev–Trinajstić information content (AvgIpc) is 2.36. The van der Waals surface area contributed by atoms with Crippen molar-refractivity contribution in [2.75, 3.05) is 31.2 Å². The minimum Gasteiger partial charge on any atom is -0.464 e. The topological polar surface area (TPSA) is 93.1 Å². The molecule has 0 heterocycles. The molecule has 0 fully saturated rings. The van der Waals surface area contributed by atoms with Crippen molar-refractivity contribution in [1.29, 1.82) is 0 Å². The maximum absolute atomic E-state index is 10.7. The third kappa shape index (κ3) is 7.07. The Balaban J connectivity index is 2.57. The van der Waals surface area contributed by atoms with Crippen molar-refractivity contribution < 1.29 is 26.7 Å². The number of para-hydroxylation sites is 1. The Morgan fingerprint density at radius 1 is 1.20 bits per heavy atom. The molecule has 1 aromatic carbocycles. The Bertz CT molecular complexity index is 516. The highest BCUT2D eigenvalue weighted by Crippen LogP contribution is 2.12. The van der Waals surface area contributed by atoms with Gasteiger partial charge in [-0.15, -0.1) is 0 Å². The molecule has 0 spiro atoms. The van der Waals surface area contributed by atoms with Gasteiger partial charge in [0, 0.05) is 19.2 Å². The SMILES string of the molecule is CC(=O)OCCN(CCOS(=O)(=O)O)c1ccccc1. The number of anilines is 1. The van der Waals surface area contributed by atoms with Crippen LogP contribution >= 0.6 is 0 Å². The maximum Gasteiger partial charge on any atom is 0.397 e. The van der Waals surface area contributed by atoms with Gasteiger partial charge in [0.05, 0.1) is 13.2 Å². The summed E-state index contributed by atoms with van der Waals surface area (Å²) in [6, 6.07) is 9.18. The Morgan fingerprint density at radius 2 is 1.80 bits per heavy atom. The fraction of sp³-hybridized carbons (Fsp3) is 0.417. The first-order chi connectivity index (χ1) is 9.38. The smallest absolute Gasteiger partial charge is 0.397 e. The summed E-state index contributed by atoms with van der Waals surface area (Å²) in [7, 11) is -4.45. The minimum atomic E-state index is -4.45. The van der Waals surface area contributed by atoms with Gasteiger partial charge in [-0.25, -0.2) is 4.18 Å². The quantitative estimate of drug-likeness (QED) is 0.562. The Labute approximate surface area is 118 Å². The Kier molecular flexibility index (Phi) is 6.43. The van der Waals surface area contributed by atoms with Gasteiger partial charge in [-0.05, 0) is 12.1 Å². The molecule has 0 amide bonds. The van der Waals surface area contributed by atoms with Gasteiger partial charge in [-0.2, -0.15) is 8.42 Å². The number of benzene rings is 1. The van der Waals surface area contributed by atoms with Gasteiger partial charge in [0.2, 0.25) is 0 Å². The molecule has 7 nitrogen and oxygen atoms in total. The molecule has 0 aliphatic heterocycles. The van der Waals surface area contributed by atoms with Gasteiger partial charge in [0.1, 0.15) is 6.61 Å². The van der Waals surface area contributed by atoms with Crippen LogP contribution in [0.2, 0.25) is 0 Å². The van der Waals surface area contributed by atoms with E-state index in [2.05, 4.69) is 4.18 Å². The molecular weight excluding hydrogens is 286 g/mol. The predicted molar refractivity (Wildman–Crippen MR) is 72.8 cm³/mol. The zero-order chi connectivity index (χ0) is 15.0. The number of carbonyl (C=O) groups excluding carboxylic acids is 1. The van der Waals surface area contributed by atoms with Crippen molar-refractivity contribution in [2.24, 2.45) is 0 Å². The third-order valence-corrected chi connectivity index (χ3v) is 2.85. The average molecular weight is 303 g/mol. The van der Waals surface area contributed by atoms with Gasteiger partial charge in [-0.3, -0.25) is 9.35 Å². The molecule has 0 saturated heterocycles. The van der Waals surface area contributed by atoms with Crippen molar-refractivity contribution >= 4 is 22.1 Å². The zero-order valence-electron chi connectivity index (χ0n) is 11.1. The number of esters is 1. The van der Waals surface area contributed by atoms with Crippen LogP contribution in [-0.2, 0) is 24.1 Å². The summed E-state index contributed by atoms with van der Waals surface area (Å²) in [5.41, 5.74) is 0.832. The molecule has 1 rings (SSSR count). The number of hydrogen-bond acceptors (Lipinski definition) is 6. The molecule has 0 aliphatic rings.